The van der Waals surface area contributed by atoms with Crippen molar-refractivity contribution >= 4 is 5.91 Å². The second kappa shape index (κ2) is 8.92. The monoisotopic (exact) mass is 318 g/mol. The molecule has 2 rings (SSSR count). The van der Waals surface area contributed by atoms with Crippen LogP contribution >= 0.6 is 0 Å². The molecule has 1 aliphatic carbocycles. The highest BCUT2D eigenvalue weighted by molar-refractivity contribution is 5.78. The van der Waals surface area contributed by atoms with Crippen molar-refractivity contribution in [1.29, 1.82) is 0 Å². The van der Waals surface area contributed by atoms with Crippen LogP contribution in [0.1, 0.15) is 57.4 Å². The van der Waals surface area contributed by atoms with Crippen molar-refractivity contribution in [2.75, 3.05) is 13.2 Å². The molecule has 0 spiro atoms. The minimum absolute atomic E-state index is 0.0469. The van der Waals surface area contributed by atoms with Gasteiger partial charge in [-0.1, -0.05) is 44.9 Å². The van der Waals surface area contributed by atoms with E-state index >= 15 is 0 Å². The molecule has 1 aromatic carbocycles. The van der Waals surface area contributed by atoms with Crippen molar-refractivity contribution in [2.45, 2.75) is 57.9 Å². The van der Waals surface area contributed by atoms with Gasteiger partial charge in [0.05, 0.1) is 0 Å². The Balaban J connectivity index is 1.89. The van der Waals surface area contributed by atoms with Crippen molar-refractivity contribution < 1.29 is 9.53 Å². The van der Waals surface area contributed by atoms with Crippen LogP contribution in [0.2, 0.25) is 0 Å². The number of benzene rings is 1. The zero-order valence-corrected chi connectivity index (χ0v) is 14.4. The topological polar surface area (TPSA) is 64.3 Å². The van der Waals surface area contributed by atoms with E-state index in [1.54, 1.807) is 0 Å². The fraction of sp³-hybridized carbons (Fsp3) is 0.632. The largest absolute Gasteiger partial charge is 0.483 e. The van der Waals surface area contributed by atoms with E-state index in [1.165, 1.54) is 18.4 Å². The van der Waals surface area contributed by atoms with E-state index in [-0.39, 0.29) is 18.6 Å². The smallest absolute Gasteiger partial charge is 0.258 e. The molecule has 3 unspecified atom stereocenters. The highest BCUT2D eigenvalue weighted by Gasteiger charge is 2.25. The summed E-state index contributed by atoms with van der Waals surface area (Å²) in [6, 6.07) is 8.19. The quantitative estimate of drug-likeness (QED) is 0.811. The predicted molar refractivity (Wildman–Crippen MR) is 93.6 cm³/mol. The summed E-state index contributed by atoms with van der Waals surface area (Å²) in [5, 5.41) is 3.11. The first-order valence-electron chi connectivity index (χ1n) is 8.86. The second-order valence-electron chi connectivity index (χ2n) is 6.59. The number of hydrogen-bond donors (Lipinski definition) is 2. The molecule has 0 aromatic heterocycles. The Labute approximate surface area is 139 Å². The standard InChI is InChI=1S/C19H30N2O2/c1-3-14(2)16-9-5-7-11-18(16)23-13-19(22)21-17-10-6-4-8-15(17)12-20/h5,7,9,11,14-15,17H,3-4,6,8,10,12-13,20H2,1-2H3,(H,21,22). The van der Waals surface area contributed by atoms with E-state index in [4.69, 9.17) is 10.5 Å². The maximum atomic E-state index is 12.2. The number of amides is 1. The lowest BCUT2D eigenvalue weighted by molar-refractivity contribution is -0.124. The normalized spacial score (nSPS) is 22.4. The molecule has 3 N–H and O–H groups in total. The Kier molecular flexibility index (Phi) is 6.90. The van der Waals surface area contributed by atoms with Gasteiger partial charge >= 0.3 is 0 Å². The van der Waals surface area contributed by atoms with Crippen LogP contribution in [0.3, 0.4) is 0 Å². The molecular weight excluding hydrogens is 288 g/mol. The zero-order valence-electron chi connectivity index (χ0n) is 14.4. The van der Waals surface area contributed by atoms with Gasteiger partial charge in [0.25, 0.3) is 5.91 Å². The maximum Gasteiger partial charge on any atom is 0.258 e. The summed E-state index contributed by atoms with van der Waals surface area (Å²) in [6.45, 7) is 5.05. The fourth-order valence-electron chi connectivity index (χ4n) is 3.31. The molecular formula is C19H30N2O2. The summed E-state index contributed by atoms with van der Waals surface area (Å²) < 4.78 is 5.79. The van der Waals surface area contributed by atoms with Crippen LogP contribution in [0.5, 0.6) is 5.75 Å². The number of carbonyl (C=O) groups is 1. The number of carbonyl (C=O) groups excluding carboxylic acids is 1. The number of rotatable bonds is 7. The predicted octanol–water partition coefficient (Wildman–Crippen LogP) is 3.21. The summed E-state index contributed by atoms with van der Waals surface area (Å²) in [5.74, 6) is 1.60. The van der Waals surface area contributed by atoms with E-state index in [0.717, 1.165) is 25.0 Å². The molecule has 1 fully saturated rings. The molecule has 0 saturated heterocycles. The van der Waals surface area contributed by atoms with Gasteiger partial charge in [0.1, 0.15) is 5.75 Å². The van der Waals surface area contributed by atoms with E-state index in [9.17, 15) is 4.79 Å². The summed E-state index contributed by atoms with van der Waals surface area (Å²) in [5.41, 5.74) is 6.99. The third-order valence-corrected chi connectivity index (χ3v) is 4.98. The molecule has 1 aromatic rings. The van der Waals surface area contributed by atoms with Gasteiger partial charge in [0.15, 0.2) is 6.61 Å². The van der Waals surface area contributed by atoms with Crippen LogP contribution in [0.4, 0.5) is 0 Å². The van der Waals surface area contributed by atoms with Crippen molar-refractivity contribution in [3.05, 3.63) is 29.8 Å². The zero-order chi connectivity index (χ0) is 16.7. The summed E-state index contributed by atoms with van der Waals surface area (Å²) in [7, 11) is 0. The van der Waals surface area contributed by atoms with Crippen molar-refractivity contribution in [2.24, 2.45) is 11.7 Å². The lowest BCUT2D eigenvalue weighted by atomic mass is 9.84. The second-order valence-corrected chi connectivity index (χ2v) is 6.59. The van der Waals surface area contributed by atoms with Crippen molar-refractivity contribution in [3.63, 3.8) is 0 Å². The number of nitrogens with two attached hydrogens (primary N) is 1. The Bertz CT molecular complexity index is 504. The van der Waals surface area contributed by atoms with Crippen LogP contribution in [0.25, 0.3) is 0 Å². The van der Waals surface area contributed by atoms with Crippen molar-refractivity contribution in [1.82, 2.24) is 5.32 Å². The highest BCUT2D eigenvalue weighted by atomic mass is 16.5. The molecule has 4 heteroatoms. The van der Waals surface area contributed by atoms with Gasteiger partial charge in [-0.25, -0.2) is 0 Å². The van der Waals surface area contributed by atoms with Gasteiger partial charge in [0.2, 0.25) is 0 Å². The first kappa shape index (κ1) is 17.8. The van der Waals surface area contributed by atoms with E-state index in [1.807, 2.05) is 18.2 Å². The molecule has 1 aliphatic rings. The van der Waals surface area contributed by atoms with Crippen LogP contribution in [-0.4, -0.2) is 25.1 Å². The molecule has 1 amide bonds. The molecule has 0 heterocycles. The third kappa shape index (κ3) is 4.96. The molecule has 1 saturated carbocycles. The Hall–Kier alpha value is -1.55. The molecule has 0 radical (unpaired) electrons. The summed E-state index contributed by atoms with van der Waals surface area (Å²) in [6.07, 6.45) is 5.56. The van der Waals surface area contributed by atoms with Gasteiger partial charge in [0, 0.05) is 6.04 Å². The Morgan fingerprint density at radius 2 is 2.09 bits per heavy atom. The number of para-hydroxylation sites is 1. The van der Waals surface area contributed by atoms with Crippen LogP contribution in [0.15, 0.2) is 24.3 Å². The average molecular weight is 318 g/mol. The van der Waals surface area contributed by atoms with Crippen LogP contribution in [-0.2, 0) is 4.79 Å². The summed E-state index contributed by atoms with van der Waals surface area (Å²) >= 11 is 0. The minimum Gasteiger partial charge on any atom is -0.483 e. The molecule has 4 nitrogen and oxygen atoms in total. The molecule has 0 aliphatic heterocycles. The Morgan fingerprint density at radius 1 is 1.35 bits per heavy atom. The van der Waals surface area contributed by atoms with Gasteiger partial charge in [-0.05, 0) is 49.3 Å². The van der Waals surface area contributed by atoms with Gasteiger partial charge in [-0.3, -0.25) is 4.79 Å². The van der Waals surface area contributed by atoms with Gasteiger partial charge in [-0.15, -0.1) is 0 Å². The van der Waals surface area contributed by atoms with E-state index in [2.05, 4.69) is 25.2 Å². The fourth-order valence-corrected chi connectivity index (χ4v) is 3.31. The molecule has 0 bridgehead atoms. The summed E-state index contributed by atoms with van der Waals surface area (Å²) in [4.78, 5) is 12.2. The lowest BCUT2D eigenvalue weighted by Crippen LogP contribution is -2.46. The van der Waals surface area contributed by atoms with Crippen molar-refractivity contribution in [3.8, 4) is 5.75 Å². The highest BCUT2D eigenvalue weighted by Crippen LogP contribution is 2.28. The van der Waals surface area contributed by atoms with Gasteiger partial charge < -0.3 is 15.8 Å². The molecule has 128 valence electrons. The van der Waals surface area contributed by atoms with Gasteiger partial charge in [-0.2, -0.15) is 0 Å². The SMILES string of the molecule is CCC(C)c1ccccc1OCC(=O)NC1CCCCC1CN. The van der Waals surface area contributed by atoms with Crippen LogP contribution in [0, 0.1) is 5.92 Å². The van der Waals surface area contributed by atoms with E-state index in [0.29, 0.717) is 18.4 Å². The van der Waals surface area contributed by atoms with E-state index < -0.39 is 0 Å². The molecule has 3 atom stereocenters. The number of ether oxygens (including phenoxy) is 1. The molecule has 23 heavy (non-hydrogen) atoms. The first-order valence-corrected chi connectivity index (χ1v) is 8.86. The maximum absolute atomic E-state index is 12.2. The minimum atomic E-state index is -0.0469. The van der Waals surface area contributed by atoms with Crippen LogP contribution < -0.4 is 15.8 Å². The first-order chi connectivity index (χ1) is 11.2. The average Bonchev–Trinajstić information content (AvgIpc) is 2.60. The lowest BCUT2D eigenvalue weighted by Gasteiger charge is -2.31. The number of hydrogen-bond acceptors (Lipinski definition) is 3. The Morgan fingerprint density at radius 3 is 2.83 bits per heavy atom. The third-order valence-electron chi connectivity index (χ3n) is 4.98. The number of nitrogens with one attached hydrogen (secondary N) is 1.